The van der Waals surface area contributed by atoms with Crippen LogP contribution in [0.25, 0.3) is 16.9 Å². The molecule has 9 nitrogen and oxygen atoms in total. The first-order chi connectivity index (χ1) is 20.5. The van der Waals surface area contributed by atoms with Gasteiger partial charge in [0.05, 0.1) is 6.61 Å². The highest BCUT2D eigenvalue weighted by molar-refractivity contribution is 7.70. The summed E-state index contributed by atoms with van der Waals surface area (Å²) in [5.41, 5.74) is 4.35. The van der Waals surface area contributed by atoms with Crippen molar-refractivity contribution in [1.82, 2.24) is 9.62 Å². The number of aliphatic hydroxyl groups is 2. The van der Waals surface area contributed by atoms with Crippen molar-refractivity contribution in [1.29, 1.82) is 0 Å². The summed E-state index contributed by atoms with van der Waals surface area (Å²) in [4.78, 5) is 1.57. The largest absolute Gasteiger partial charge is 0.491 e. The number of nitrogens with zero attached hydrogens (tertiary/aromatic N) is 1. The first-order valence-corrected chi connectivity index (χ1v) is 14.5. The maximum absolute atomic E-state index is 14.6. The number of hydrogen-bond donors (Lipinski definition) is 4. The van der Waals surface area contributed by atoms with E-state index in [1.165, 1.54) is 6.07 Å². The van der Waals surface area contributed by atoms with E-state index in [4.69, 9.17) is 19.0 Å². The Morgan fingerprint density at radius 2 is 1.74 bits per heavy atom. The van der Waals surface area contributed by atoms with E-state index in [1.54, 1.807) is 42.4 Å². The second-order valence-corrected chi connectivity index (χ2v) is 10.9. The molecule has 0 aliphatic carbocycles. The first-order valence-electron chi connectivity index (χ1n) is 13.3. The topological polar surface area (TPSA) is 121 Å². The second-order valence-electron chi connectivity index (χ2n) is 10.1. The summed E-state index contributed by atoms with van der Waals surface area (Å²) in [7, 11) is -1.18. The Morgan fingerprint density at radius 3 is 2.42 bits per heavy atom. The van der Waals surface area contributed by atoms with Crippen LogP contribution in [0.5, 0.6) is 17.2 Å². The van der Waals surface area contributed by atoms with Gasteiger partial charge in [-0.1, -0.05) is 6.07 Å². The summed E-state index contributed by atoms with van der Waals surface area (Å²) in [6.07, 6.45) is 0.607. The number of rotatable bonds is 10. The SMILES string of the molecule is Cc1cc(-c2cc3c(o2)C(c2cc(CN[SH](=O)=O)ccc2Oc2ccc(F)cc2F)=CN(C)C3O)cc(C)c1OCCO. The molecule has 43 heavy (non-hydrogen) atoms. The number of thiol groups is 1. The molecule has 0 amide bonds. The highest BCUT2D eigenvalue weighted by atomic mass is 32.2. The normalized spacial score (nSPS) is 14.6. The molecular weight excluding hydrogens is 582 g/mol. The Bertz CT molecular complexity index is 1750. The average Bonchev–Trinajstić information content (AvgIpc) is 3.41. The monoisotopic (exact) mass is 612 g/mol. The van der Waals surface area contributed by atoms with Gasteiger partial charge in [-0.2, -0.15) is 0 Å². The molecule has 5 rings (SSSR count). The highest BCUT2D eigenvalue weighted by Gasteiger charge is 2.31. The van der Waals surface area contributed by atoms with Gasteiger partial charge in [-0.25, -0.2) is 21.9 Å². The first kappa shape index (κ1) is 30.2. The lowest BCUT2D eigenvalue weighted by Crippen LogP contribution is -2.23. The summed E-state index contributed by atoms with van der Waals surface area (Å²) in [5, 5.41) is 20.2. The van der Waals surface area contributed by atoms with Gasteiger partial charge in [-0.15, -0.1) is 0 Å². The number of hydrogen-bond acceptors (Lipinski definition) is 8. The fourth-order valence-electron chi connectivity index (χ4n) is 4.98. The van der Waals surface area contributed by atoms with Crippen LogP contribution >= 0.6 is 0 Å². The van der Waals surface area contributed by atoms with Crippen molar-refractivity contribution in [2.45, 2.75) is 26.6 Å². The zero-order chi connectivity index (χ0) is 30.8. The molecule has 0 saturated carbocycles. The third kappa shape index (κ3) is 6.42. The van der Waals surface area contributed by atoms with E-state index in [-0.39, 0.29) is 31.3 Å². The maximum atomic E-state index is 14.6. The Balaban J connectivity index is 1.62. The number of aliphatic hydroxyl groups excluding tert-OH is 2. The molecule has 0 fully saturated rings. The average molecular weight is 613 g/mol. The molecule has 0 bridgehead atoms. The van der Waals surface area contributed by atoms with Crippen LogP contribution in [-0.4, -0.2) is 43.8 Å². The van der Waals surface area contributed by atoms with Gasteiger partial charge >= 0.3 is 0 Å². The van der Waals surface area contributed by atoms with Gasteiger partial charge < -0.3 is 29.0 Å². The number of fused-ring (bicyclic) bond motifs is 1. The maximum Gasteiger partial charge on any atom is 0.201 e. The molecule has 1 aromatic heterocycles. The number of ether oxygens (including phenoxy) is 2. The van der Waals surface area contributed by atoms with E-state index in [1.807, 2.05) is 26.0 Å². The van der Waals surface area contributed by atoms with E-state index in [9.17, 15) is 22.3 Å². The summed E-state index contributed by atoms with van der Waals surface area (Å²) in [5.74, 6) is -0.208. The highest BCUT2D eigenvalue weighted by Crippen LogP contribution is 2.44. The third-order valence-corrected chi connectivity index (χ3v) is 7.36. The molecule has 1 atom stereocenters. The predicted octanol–water partition coefficient (Wildman–Crippen LogP) is 4.95. The molecular formula is C31H30F2N2O7S. The minimum absolute atomic E-state index is 0.0118. The molecule has 0 saturated heterocycles. The van der Waals surface area contributed by atoms with E-state index < -0.39 is 28.8 Å². The summed E-state index contributed by atoms with van der Waals surface area (Å²) < 4.78 is 70.8. The Kier molecular flexibility index (Phi) is 8.83. The molecule has 1 aliphatic rings. The number of benzene rings is 3. The van der Waals surface area contributed by atoms with Gasteiger partial charge in [0.15, 0.2) is 17.8 Å². The third-order valence-electron chi connectivity index (χ3n) is 6.94. The van der Waals surface area contributed by atoms with E-state index in [2.05, 4.69) is 4.72 Å². The molecule has 0 radical (unpaired) electrons. The summed E-state index contributed by atoms with van der Waals surface area (Å²) in [6.45, 7) is 3.80. The van der Waals surface area contributed by atoms with Gasteiger partial charge in [0.25, 0.3) is 0 Å². The minimum atomic E-state index is -2.85. The Labute approximate surface area is 248 Å². The van der Waals surface area contributed by atoms with E-state index >= 15 is 0 Å². The number of nitrogens with one attached hydrogen (secondary N) is 1. The van der Waals surface area contributed by atoms with Crippen LogP contribution in [-0.2, 0) is 17.4 Å². The van der Waals surface area contributed by atoms with Crippen LogP contribution in [0.15, 0.2) is 65.2 Å². The molecule has 1 aliphatic heterocycles. The van der Waals surface area contributed by atoms with E-state index in [0.29, 0.717) is 45.6 Å². The lowest BCUT2D eigenvalue weighted by molar-refractivity contribution is 0.0511. The zero-order valence-corrected chi connectivity index (χ0v) is 24.5. The molecule has 3 N–H and O–H groups in total. The summed E-state index contributed by atoms with van der Waals surface area (Å²) in [6, 6.07) is 13.3. The second kappa shape index (κ2) is 12.6. The minimum Gasteiger partial charge on any atom is -0.491 e. The smallest absolute Gasteiger partial charge is 0.201 e. The predicted molar refractivity (Wildman–Crippen MR) is 156 cm³/mol. The molecule has 1 unspecified atom stereocenters. The van der Waals surface area contributed by atoms with Crippen LogP contribution in [0.2, 0.25) is 0 Å². The van der Waals surface area contributed by atoms with Crippen molar-refractivity contribution in [3.05, 3.63) is 106 Å². The zero-order valence-electron chi connectivity index (χ0n) is 23.6. The fraction of sp³-hybridized carbons (Fsp3) is 0.226. The van der Waals surface area contributed by atoms with Crippen LogP contribution in [0.4, 0.5) is 8.78 Å². The van der Waals surface area contributed by atoms with Gasteiger partial charge in [0.2, 0.25) is 10.9 Å². The number of aryl methyl sites for hydroxylation is 2. The van der Waals surface area contributed by atoms with Crippen molar-refractivity contribution in [2.75, 3.05) is 20.3 Å². The molecule has 2 heterocycles. The van der Waals surface area contributed by atoms with Crippen molar-refractivity contribution in [3.63, 3.8) is 0 Å². The molecule has 226 valence electrons. The lowest BCUT2D eigenvalue weighted by Gasteiger charge is -2.28. The Hall–Kier alpha value is -4.23. The van der Waals surface area contributed by atoms with Gasteiger partial charge in [0.1, 0.15) is 35.4 Å². The van der Waals surface area contributed by atoms with E-state index in [0.717, 1.165) is 22.8 Å². The standard InChI is InChI=1S/C31H30F2N2O7S/c1-17-10-20(11-18(2)29(17)40-9-8-36)28-14-23-30(42-28)24(16-35(3)31(23)37)22-12-19(15-34-43(38)39)4-6-26(22)41-27-7-5-21(32)13-25(27)33/h4-7,10-14,16,31,36-37,43H,8-9,15H2,1-3H3,(H,34,38,39). The molecule has 4 aromatic rings. The summed E-state index contributed by atoms with van der Waals surface area (Å²) >= 11 is 0. The van der Waals surface area contributed by atoms with Crippen LogP contribution in [0.3, 0.4) is 0 Å². The van der Waals surface area contributed by atoms with Gasteiger partial charge in [0, 0.05) is 48.1 Å². The van der Waals surface area contributed by atoms with Crippen LogP contribution in [0.1, 0.15) is 39.8 Å². The van der Waals surface area contributed by atoms with Crippen molar-refractivity contribution in [2.24, 2.45) is 0 Å². The quantitative estimate of drug-likeness (QED) is 0.186. The molecule has 12 heteroatoms. The molecule has 3 aromatic carbocycles. The number of furan rings is 1. The fourth-order valence-corrected chi connectivity index (χ4v) is 5.29. The lowest BCUT2D eigenvalue weighted by atomic mass is 9.95. The van der Waals surface area contributed by atoms with Crippen LogP contribution < -0.4 is 14.2 Å². The van der Waals surface area contributed by atoms with Gasteiger partial charge in [-0.3, -0.25) is 0 Å². The molecule has 0 spiro atoms. The number of halogens is 2. The Morgan fingerprint density at radius 1 is 1.02 bits per heavy atom. The van der Waals surface area contributed by atoms with Gasteiger partial charge in [-0.05, 0) is 73.0 Å². The van der Waals surface area contributed by atoms with Crippen molar-refractivity contribution in [3.8, 4) is 28.6 Å². The van der Waals surface area contributed by atoms with Crippen molar-refractivity contribution < 1.29 is 41.3 Å². The van der Waals surface area contributed by atoms with Crippen LogP contribution in [0, 0.1) is 25.5 Å². The van der Waals surface area contributed by atoms with Crippen molar-refractivity contribution >= 4 is 16.5 Å².